The smallest absolute Gasteiger partial charge is 0.138 e. The molecule has 0 saturated heterocycles. The molecule has 0 aromatic carbocycles. The van der Waals surface area contributed by atoms with Gasteiger partial charge < -0.3 is 4.74 Å². The predicted octanol–water partition coefficient (Wildman–Crippen LogP) is 3.92. The van der Waals surface area contributed by atoms with Gasteiger partial charge in [-0.25, -0.2) is 0 Å². The van der Waals surface area contributed by atoms with Gasteiger partial charge in [0.15, 0.2) is 0 Å². The van der Waals surface area contributed by atoms with Crippen molar-refractivity contribution in [2.24, 2.45) is 0 Å². The van der Waals surface area contributed by atoms with Gasteiger partial charge in [0.05, 0.1) is 12.3 Å². The lowest BCUT2D eigenvalue weighted by Gasteiger charge is -2.24. The summed E-state index contributed by atoms with van der Waals surface area (Å²) in [6, 6.07) is 2.11. The summed E-state index contributed by atoms with van der Waals surface area (Å²) in [6.07, 6.45) is 7.16. The molecule has 3 heteroatoms. The van der Waals surface area contributed by atoms with E-state index in [1.807, 2.05) is 20.0 Å². The molecule has 2 atom stereocenters. The number of pyridine rings is 1. The first-order valence-corrected chi connectivity index (χ1v) is 6.69. The van der Waals surface area contributed by atoms with Crippen LogP contribution >= 0.6 is 11.6 Å². The second-order valence-electron chi connectivity index (χ2n) is 5.48. The van der Waals surface area contributed by atoms with Crippen molar-refractivity contribution in [1.82, 2.24) is 4.98 Å². The number of aromatic nitrogens is 1. The summed E-state index contributed by atoms with van der Waals surface area (Å²) in [5.41, 5.74) is 1.41. The molecule has 2 unspecified atom stereocenters. The summed E-state index contributed by atoms with van der Waals surface area (Å²) in [4.78, 5) is 4.28. The van der Waals surface area contributed by atoms with E-state index in [-0.39, 0.29) is 11.5 Å². The molecule has 0 aliphatic heterocycles. The first kappa shape index (κ1) is 12.7. The van der Waals surface area contributed by atoms with Gasteiger partial charge in [0.25, 0.3) is 0 Å². The van der Waals surface area contributed by atoms with Crippen molar-refractivity contribution in [3.05, 3.63) is 24.0 Å². The summed E-state index contributed by atoms with van der Waals surface area (Å²) in [5, 5.41) is 0.301. The monoisotopic (exact) mass is 253 g/mol. The van der Waals surface area contributed by atoms with Crippen molar-refractivity contribution in [3.63, 3.8) is 0 Å². The lowest BCUT2D eigenvalue weighted by molar-refractivity contribution is 0.240. The van der Waals surface area contributed by atoms with E-state index in [1.54, 1.807) is 6.20 Å². The van der Waals surface area contributed by atoms with Crippen LogP contribution in [0.5, 0.6) is 5.75 Å². The Bertz CT molecular complexity index is 394. The van der Waals surface area contributed by atoms with E-state index in [0.29, 0.717) is 5.38 Å². The first-order chi connectivity index (χ1) is 7.99. The van der Waals surface area contributed by atoms with Crippen molar-refractivity contribution < 1.29 is 4.74 Å². The van der Waals surface area contributed by atoms with Gasteiger partial charge in [0, 0.05) is 11.6 Å². The highest BCUT2D eigenvalue weighted by molar-refractivity contribution is 6.20. The Balaban J connectivity index is 2.21. The summed E-state index contributed by atoms with van der Waals surface area (Å²) in [7, 11) is 0. The van der Waals surface area contributed by atoms with Gasteiger partial charge in [-0.05, 0) is 50.2 Å². The SMILES string of the molecule is CC(C)Oc1cncc(C2(C)CCC(Cl)C2)c1. The van der Waals surface area contributed by atoms with Gasteiger partial charge in [-0.1, -0.05) is 6.92 Å². The van der Waals surface area contributed by atoms with Gasteiger partial charge in [-0.2, -0.15) is 0 Å². The molecule has 1 aliphatic carbocycles. The van der Waals surface area contributed by atoms with E-state index in [2.05, 4.69) is 18.0 Å². The number of hydrogen-bond donors (Lipinski definition) is 0. The quantitative estimate of drug-likeness (QED) is 0.762. The second kappa shape index (κ2) is 4.85. The zero-order valence-corrected chi connectivity index (χ0v) is 11.5. The molecule has 1 saturated carbocycles. The molecular weight excluding hydrogens is 234 g/mol. The van der Waals surface area contributed by atoms with Crippen LogP contribution in [0.2, 0.25) is 0 Å². The van der Waals surface area contributed by atoms with Crippen molar-refractivity contribution in [3.8, 4) is 5.75 Å². The molecule has 0 amide bonds. The molecule has 0 spiro atoms. The molecule has 1 aliphatic rings. The molecule has 0 radical (unpaired) electrons. The maximum atomic E-state index is 6.22. The molecule has 17 heavy (non-hydrogen) atoms. The Morgan fingerprint density at radius 1 is 1.47 bits per heavy atom. The highest BCUT2D eigenvalue weighted by Gasteiger charge is 2.36. The number of hydrogen-bond acceptors (Lipinski definition) is 2. The molecule has 1 fully saturated rings. The third-order valence-electron chi connectivity index (χ3n) is 3.46. The van der Waals surface area contributed by atoms with Crippen molar-refractivity contribution in [2.75, 3.05) is 0 Å². The van der Waals surface area contributed by atoms with Gasteiger partial charge in [0.1, 0.15) is 5.75 Å². The fourth-order valence-electron chi connectivity index (χ4n) is 2.52. The summed E-state index contributed by atoms with van der Waals surface area (Å²) in [6.45, 7) is 6.32. The molecular formula is C14H20ClNO. The fraction of sp³-hybridized carbons (Fsp3) is 0.643. The minimum atomic E-state index is 0.162. The van der Waals surface area contributed by atoms with Gasteiger partial charge in [-0.3, -0.25) is 4.98 Å². The van der Waals surface area contributed by atoms with Gasteiger partial charge >= 0.3 is 0 Å². The van der Waals surface area contributed by atoms with Crippen molar-refractivity contribution in [1.29, 1.82) is 0 Å². The van der Waals surface area contributed by atoms with E-state index in [9.17, 15) is 0 Å². The highest BCUT2D eigenvalue weighted by Crippen LogP contribution is 2.43. The van der Waals surface area contributed by atoms with Crippen LogP contribution in [0.3, 0.4) is 0 Å². The van der Waals surface area contributed by atoms with Crippen molar-refractivity contribution in [2.45, 2.75) is 56.9 Å². The summed E-state index contributed by atoms with van der Waals surface area (Å²) in [5.74, 6) is 0.858. The third-order valence-corrected chi connectivity index (χ3v) is 3.84. The maximum absolute atomic E-state index is 6.22. The molecule has 1 aromatic heterocycles. The molecule has 94 valence electrons. The Kier molecular flexibility index (Phi) is 3.62. The van der Waals surface area contributed by atoms with Crippen LogP contribution in [-0.4, -0.2) is 16.5 Å². The average molecular weight is 254 g/mol. The van der Waals surface area contributed by atoms with Crippen LogP contribution in [0.15, 0.2) is 18.5 Å². The van der Waals surface area contributed by atoms with E-state index < -0.39 is 0 Å². The predicted molar refractivity (Wildman–Crippen MR) is 70.8 cm³/mol. The van der Waals surface area contributed by atoms with Crippen LogP contribution < -0.4 is 4.74 Å². The molecule has 2 rings (SSSR count). The number of rotatable bonds is 3. The fourth-order valence-corrected chi connectivity index (χ4v) is 2.97. The van der Waals surface area contributed by atoms with Crippen LogP contribution in [-0.2, 0) is 5.41 Å². The second-order valence-corrected chi connectivity index (χ2v) is 6.09. The zero-order chi connectivity index (χ0) is 12.5. The van der Waals surface area contributed by atoms with E-state index >= 15 is 0 Å². The van der Waals surface area contributed by atoms with Crippen LogP contribution in [0.1, 0.15) is 45.6 Å². The Morgan fingerprint density at radius 2 is 2.24 bits per heavy atom. The number of nitrogens with zero attached hydrogens (tertiary/aromatic N) is 1. The zero-order valence-electron chi connectivity index (χ0n) is 10.7. The van der Waals surface area contributed by atoms with E-state index in [0.717, 1.165) is 25.0 Å². The topological polar surface area (TPSA) is 22.1 Å². The Hall–Kier alpha value is -0.760. The lowest BCUT2D eigenvalue weighted by atomic mass is 9.82. The summed E-state index contributed by atoms with van der Waals surface area (Å²) >= 11 is 6.22. The molecule has 1 heterocycles. The Labute approximate surface area is 108 Å². The molecule has 0 bridgehead atoms. The number of alkyl halides is 1. The Morgan fingerprint density at radius 3 is 2.82 bits per heavy atom. The average Bonchev–Trinajstić information content (AvgIpc) is 2.59. The van der Waals surface area contributed by atoms with E-state index in [1.165, 1.54) is 5.56 Å². The minimum absolute atomic E-state index is 0.162. The maximum Gasteiger partial charge on any atom is 0.138 e. The van der Waals surface area contributed by atoms with E-state index in [4.69, 9.17) is 16.3 Å². The minimum Gasteiger partial charge on any atom is -0.489 e. The van der Waals surface area contributed by atoms with Crippen LogP contribution in [0.4, 0.5) is 0 Å². The molecule has 1 aromatic rings. The third kappa shape index (κ3) is 2.92. The normalized spacial score (nSPS) is 28.6. The van der Waals surface area contributed by atoms with Gasteiger partial charge in [0.2, 0.25) is 0 Å². The van der Waals surface area contributed by atoms with Crippen LogP contribution in [0, 0.1) is 0 Å². The highest BCUT2D eigenvalue weighted by atomic mass is 35.5. The van der Waals surface area contributed by atoms with Gasteiger partial charge in [-0.15, -0.1) is 11.6 Å². The standard InChI is InChI=1S/C14H20ClNO/c1-10(2)17-13-6-11(8-16-9-13)14(3)5-4-12(15)7-14/h6,8-10,12H,4-5,7H2,1-3H3. The summed E-state index contributed by atoms with van der Waals surface area (Å²) < 4.78 is 5.69. The van der Waals surface area contributed by atoms with Crippen LogP contribution in [0.25, 0.3) is 0 Å². The number of ether oxygens (including phenoxy) is 1. The first-order valence-electron chi connectivity index (χ1n) is 6.26. The van der Waals surface area contributed by atoms with Crippen molar-refractivity contribution >= 4 is 11.6 Å². The number of halogens is 1. The molecule has 2 nitrogen and oxygen atoms in total. The molecule has 0 N–H and O–H groups in total. The largest absolute Gasteiger partial charge is 0.489 e. The lowest BCUT2D eigenvalue weighted by Crippen LogP contribution is -2.18.